The van der Waals surface area contributed by atoms with Gasteiger partial charge in [0.2, 0.25) is 0 Å². The van der Waals surface area contributed by atoms with Crippen molar-refractivity contribution < 1.29 is 23.9 Å². The lowest BCUT2D eigenvalue weighted by atomic mass is 10.2. The van der Waals surface area contributed by atoms with Crippen molar-refractivity contribution in [3.05, 3.63) is 22.4 Å². The molecule has 0 spiro atoms. The monoisotopic (exact) mass is 356 g/mol. The smallest absolute Gasteiger partial charge is 0.407 e. The van der Waals surface area contributed by atoms with Gasteiger partial charge in [-0.3, -0.25) is 9.59 Å². The number of rotatable bonds is 7. The van der Waals surface area contributed by atoms with E-state index in [1.54, 1.807) is 39.2 Å². The number of amides is 2. The van der Waals surface area contributed by atoms with E-state index in [4.69, 9.17) is 9.47 Å². The first kappa shape index (κ1) is 20.0. The Balaban J connectivity index is 2.19. The van der Waals surface area contributed by atoms with Gasteiger partial charge in [-0.05, 0) is 43.2 Å². The summed E-state index contributed by atoms with van der Waals surface area (Å²) >= 11 is 1.56. The number of thiophene rings is 1. The zero-order valence-corrected chi connectivity index (χ0v) is 15.3. The highest BCUT2D eigenvalue weighted by atomic mass is 32.1. The Labute approximate surface area is 145 Å². The van der Waals surface area contributed by atoms with Gasteiger partial charge < -0.3 is 19.7 Å². The molecule has 0 fully saturated rings. The van der Waals surface area contributed by atoms with Crippen molar-refractivity contribution in [1.82, 2.24) is 10.2 Å². The van der Waals surface area contributed by atoms with E-state index in [1.165, 1.54) is 4.90 Å². The predicted molar refractivity (Wildman–Crippen MR) is 90.6 cm³/mol. The number of nitrogens with one attached hydrogen (secondary N) is 1. The van der Waals surface area contributed by atoms with Crippen LogP contribution in [0.15, 0.2) is 16.8 Å². The molecule has 2 amide bonds. The quantitative estimate of drug-likeness (QED) is 0.757. The highest BCUT2D eigenvalue weighted by Crippen LogP contribution is 2.08. The fourth-order valence-electron chi connectivity index (χ4n) is 1.65. The Bertz CT molecular complexity index is 551. The van der Waals surface area contributed by atoms with Gasteiger partial charge in [-0.25, -0.2) is 4.79 Å². The Kier molecular flexibility index (Phi) is 7.70. The third kappa shape index (κ3) is 8.52. The number of carbonyl (C=O) groups excluding carboxylic acids is 3. The van der Waals surface area contributed by atoms with Crippen molar-refractivity contribution in [2.45, 2.75) is 39.3 Å². The SMILES string of the molecule is CN(Cc1ccsc1)C(=O)COC(=O)CCNC(=O)OC(C)(C)C. The summed E-state index contributed by atoms with van der Waals surface area (Å²) in [4.78, 5) is 36.3. The number of alkyl carbamates (subject to hydrolysis) is 1. The molecule has 1 rings (SSSR count). The minimum absolute atomic E-state index is 0.0270. The fourth-order valence-corrected chi connectivity index (χ4v) is 2.31. The van der Waals surface area contributed by atoms with E-state index in [2.05, 4.69) is 5.32 Å². The van der Waals surface area contributed by atoms with Crippen molar-refractivity contribution in [2.75, 3.05) is 20.2 Å². The number of hydrogen-bond donors (Lipinski definition) is 1. The molecule has 0 aliphatic carbocycles. The molecule has 1 N–H and O–H groups in total. The van der Waals surface area contributed by atoms with E-state index in [0.717, 1.165) is 5.56 Å². The molecule has 7 nitrogen and oxygen atoms in total. The molecule has 1 heterocycles. The van der Waals surface area contributed by atoms with Crippen LogP contribution in [0.5, 0.6) is 0 Å². The first-order valence-corrected chi connectivity index (χ1v) is 8.49. The molecule has 24 heavy (non-hydrogen) atoms. The molecule has 0 bridgehead atoms. The van der Waals surface area contributed by atoms with Crippen LogP contribution < -0.4 is 5.32 Å². The van der Waals surface area contributed by atoms with Crippen LogP contribution in [0, 0.1) is 0 Å². The topological polar surface area (TPSA) is 84.9 Å². The van der Waals surface area contributed by atoms with E-state index in [0.29, 0.717) is 6.54 Å². The summed E-state index contributed by atoms with van der Waals surface area (Å²) in [6.45, 7) is 5.50. The maximum Gasteiger partial charge on any atom is 0.407 e. The van der Waals surface area contributed by atoms with Crippen LogP contribution in [-0.2, 0) is 25.6 Å². The lowest BCUT2D eigenvalue weighted by Gasteiger charge is -2.19. The zero-order chi connectivity index (χ0) is 18.2. The number of nitrogens with zero attached hydrogens (tertiary/aromatic N) is 1. The average Bonchev–Trinajstić information content (AvgIpc) is 2.95. The summed E-state index contributed by atoms with van der Waals surface area (Å²) in [6, 6.07) is 1.93. The van der Waals surface area contributed by atoms with Crippen LogP contribution in [0.2, 0.25) is 0 Å². The van der Waals surface area contributed by atoms with Crippen molar-refractivity contribution in [1.29, 1.82) is 0 Å². The number of esters is 1. The van der Waals surface area contributed by atoms with Crippen LogP contribution >= 0.6 is 11.3 Å². The molecule has 0 unspecified atom stereocenters. The van der Waals surface area contributed by atoms with Gasteiger partial charge in [-0.2, -0.15) is 11.3 Å². The van der Waals surface area contributed by atoms with Gasteiger partial charge in [0.05, 0.1) is 6.42 Å². The third-order valence-corrected chi connectivity index (χ3v) is 3.51. The lowest BCUT2D eigenvalue weighted by molar-refractivity contribution is -0.151. The largest absolute Gasteiger partial charge is 0.456 e. The van der Waals surface area contributed by atoms with Crippen molar-refractivity contribution in [2.24, 2.45) is 0 Å². The van der Waals surface area contributed by atoms with Crippen LogP contribution in [0.4, 0.5) is 4.79 Å². The molecule has 0 radical (unpaired) electrons. The van der Waals surface area contributed by atoms with Gasteiger partial charge in [0.1, 0.15) is 5.60 Å². The molecule has 0 atom stereocenters. The van der Waals surface area contributed by atoms with Crippen molar-refractivity contribution >= 4 is 29.3 Å². The number of carbonyl (C=O) groups is 3. The summed E-state index contributed by atoms with van der Waals surface area (Å²) in [5.41, 5.74) is 0.438. The maximum atomic E-state index is 11.9. The van der Waals surface area contributed by atoms with Gasteiger partial charge in [-0.15, -0.1) is 0 Å². The Hall–Kier alpha value is -2.09. The summed E-state index contributed by atoms with van der Waals surface area (Å²) in [5.74, 6) is -0.835. The summed E-state index contributed by atoms with van der Waals surface area (Å²) in [6.07, 6.45) is -0.623. The van der Waals surface area contributed by atoms with Gasteiger partial charge in [0.15, 0.2) is 6.61 Å². The molecule has 0 aliphatic heterocycles. The molecule has 0 aliphatic rings. The van der Waals surface area contributed by atoms with E-state index >= 15 is 0 Å². The second-order valence-electron chi connectivity index (χ2n) is 6.22. The van der Waals surface area contributed by atoms with E-state index in [1.807, 2.05) is 16.8 Å². The van der Waals surface area contributed by atoms with Gasteiger partial charge in [0, 0.05) is 20.1 Å². The van der Waals surface area contributed by atoms with Crippen molar-refractivity contribution in [3.63, 3.8) is 0 Å². The second kappa shape index (κ2) is 9.27. The summed E-state index contributed by atoms with van der Waals surface area (Å²) in [7, 11) is 1.65. The van der Waals surface area contributed by atoms with Gasteiger partial charge in [-0.1, -0.05) is 0 Å². The molecule has 0 saturated heterocycles. The molecule has 134 valence electrons. The average molecular weight is 356 g/mol. The van der Waals surface area contributed by atoms with E-state index < -0.39 is 17.7 Å². The fraction of sp³-hybridized carbons (Fsp3) is 0.562. The lowest BCUT2D eigenvalue weighted by Crippen LogP contribution is -2.34. The Morgan fingerprint density at radius 1 is 1.29 bits per heavy atom. The molecule has 1 aromatic heterocycles. The highest BCUT2D eigenvalue weighted by molar-refractivity contribution is 7.07. The standard InChI is InChI=1S/C16H24N2O5S/c1-16(2,3)23-15(21)17-7-5-14(20)22-10-13(19)18(4)9-12-6-8-24-11-12/h6,8,11H,5,7,9-10H2,1-4H3,(H,17,21). The second-order valence-corrected chi connectivity index (χ2v) is 7.00. The van der Waals surface area contributed by atoms with E-state index in [-0.39, 0.29) is 25.5 Å². The first-order valence-electron chi connectivity index (χ1n) is 7.55. The van der Waals surface area contributed by atoms with Gasteiger partial charge in [0.25, 0.3) is 5.91 Å². The predicted octanol–water partition coefficient (Wildman–Crippen LogP) is 2.16. The summed E-state index contributed by atoms with van der Waals surface area (Å²) < 4.78 is 9.94. The van der Waals surface area contributed by atoms with Crippen LogP contribution in [0.1, 0.15) is 32.8 Å². The first-order chi connectivity index (χ1) is 11.2. The van der Waals surface area contributed by atoms with E-state index in [9.17, 15) is 14.4 Å². The molecule has 0 aromatic carbocycles. The molecular weight excluding hydrogens is 332 g/mol. The number of ether oxygens (including phenoxy) is 2. The third-order valence-electron chi connectivity index (χ3n) is 2.78. The minimum atomic E-state index is -0.595. The normalized spacial score (nSPS) is 10.8. The highest BCUT2D eigenvalue weighted by Gasteiger charge is 2.16. The number of hydrogen-bond acceptors (Lipinski definition) is 6. The van der Waals surface area contributed by atoms with Crippen molar-refractivity contribution in [3.8, 4) is 0 Å². The molecule has 0 saturated carbocycles. The Morgan fingerprint density at radius 2 is 2.00 bits per heavy atom. The molecule has 1 aromatic rings. The maximum absolute atomic E-state index is 11.9. The van der Waals surface area contributed by atoms with Crippen LogP contribution in [0.3, 0.4) is 0 Å². The number of likely N-dealkylation sites (N-methyl/N-ethyl adjacent to an activating group) is 1. The Morgan fingerprint density at radius 3 is 2.58 bits per heavy atom. The summed E-state index contributed by atoms with van der Waals surface area (Å²) in [5, 5.41) is 6.35. The van der Waals surface area contributed by atoms with Crippen LogP contribution in [0.25, 0.3) is 0 Å². The molecular formula is C16H24N2O5S. The van der Waals surface area contributed by atoms with Crippen LogP contribution in [-0.4, -0.2) is 48.7 Å². The zero-order valence-electron chi connectivity index (χ0n) is 14.5. The minimum Gasteiger partial charge on any atom is -0.456 e. The molecule has 8 heteroatoms. The van der Waals surface area contributed by atoms with Gasteiger partial charge >= 0.3 is 12.1 Å².